The van der Waals surface area contributed by atoms with Crippen molar-refractivity contribution >= 4 is 24.3 Å². The third kappa shape index (κ3) is 4.77. The summed E-state index contributed by atoms with van der Waals surface area (Å²) >= 11 is 0. The van der Waals surface area contributed by atoms with Crippen LogP contribution in [0.25, 0.3) is 0 Å². The van der Waals surface area contributed by atoms with E-state index in [1.54, 1.807) is 0 Å². The monoisotopic (exact) mass is 260 g/mol. The Bertz CT molecular complexity index is 410. The van der Waals surface area contributed by atoms with Gasteiger partial charge in [-0.2, -0.15) is 0 Å². The molecule has 0 aliphatic rings. The van der Waals surface area contributed by atoms with Crippen molar-refractivity contribution in [2.75, 3.05) is 0 Å². The fourth-order valence-electron chi connectivity index (χ4n) is 1.47. The molecule has 0 spiro atoms. The van der Waals surface area contributed by atoms with Gasteiger partial charge < -0.3 is 10.5 Å². The highest BCUT2D eigenvalue weighted by Crippen LogP contribution is 1.95. The fourth-order valence-corrected chi connectivity index (χ4v) is 1.47. The van der Waals surface area contributed by atoms with Gasteiger partial charge in [0.1, 0.15) is 0 Å². The molecule has 0 saturated carbocycles. The second-order valence-electron chi connectivity index (χ2n) is 5.17. The van der Waals surface area contributed by atoms with E-state index in [2.05, 4.69) is 10.5 Å². The quantitative estimate of drug-likeness (QED) is 0.774. The van der Waals surface area contributed by atoms with Crippen molar-refractivity contribution in [1.29, 1.82) is 0 Å². The molecule has 1 aromatic carbocycles. The summed E-state index contributed by atoms with van der Waals surface area (Å²) in [5, 5.41) is 5.70. The molecule has 4 nitrogen and oxygen atoms in total. The van der Waals surface area contributed by atoms with Gasteiger partial charge in [0.2, 0.25) is 11.8 Å². The van der Waals surface area contributed by atoms with Crippen LogP contribution < -0.4 is 15.9 Å². The number of carbonyl (C=O) groups is 2. The Morgan fingerprint density at radius 2 is 1.32 bits per heavy atom. The predicted octanol–water partition coefficient (Wildman–Crippen LogP) is 0.926. The summed E-state index contributed by atoms with van der Waals surface area (Å²) in [6, 6.07) is 9.42. The van der Waals surface area contributed by atoms with Crippen LogP contribution >= 0.6 is 0 Å². The molecule has 2 N–H and O–H groups in total. The Morgan fingerprint density at radius 1 is 0.895 bits per heavy atom. The summed E-state index contributed by atoms with van der Waals surface area (Å²) in [7, 11) is 0. The molecule has 0 fully saturated rings. The van der Waals surface area contributed by atoms with E-state index in [9.17, 15) is 9.59 Å². The zero-order chi connectivity index (χ0) is 14.4. The van der Waals surface area contributed by atoms with Gasteiger partial charge in [-0.15, -0.1) is 0 Å². The summed E-state index contributed by atoms with van der Waals surface area (Å²) in [6.07, 6.45) is 0. The van der Waals surface area contributed by atoms with Crippen LogP contribution in [0.5, 0.6) is 0 Å². The lowest BCUT2D eigenvalue weighted by Crippen LogP contribution is -2.61. The highest BCUT2D eigenvalue weighted by molar-refractivity contribution is 6.72. The lowest BCUT2D eigenvalue weighted by molar-refractivity contribution is -0.122. The van der Waals surface area contributed by atoms with E-state index >= 15 is 0 Å². The van der Waals surface area contributed by atoms with Crippen molar-refractivity contribution in [3.63, 3.8) is 0 Å². The number of rotatable bonds is 5. The van der Waals surface area contributed by atoms with Crippen molar-refractivity contribution in [3.8, 4) is 0 Å². The van der Waals surface area contributed by atoms with Gasteiger partial charge in [0.15, 0.2) is 0 Å². The van der Waals surface area contributed by atoms with Crippen LogP contribution in [0.15, 0.2) is 30.3 Å². The van der Waals surface area contributed by atoms with Gasteiger partial charge in [-0.05, 0) is 5.46 Å². The number of benzene rings is 1. The van der Waals surface area contributed by atoms with Crippen molar-refractivity contribution < 1.29 is 9.59 Å². The number of hydrogen-bond acceptors (Lipinski definition) is 2. The normalized spacial score (nSPS) is 10.4. The molecule has 0 radical (unpaired) electrons. The van der Waals surface area contributed by atoms with E-state index in [1.807, 2.05) is 58.0 Å². The Hall–Kier alpha value is -1.78. The molecule has 0 bridgehead atoms. The molecular formula is C14H21BN2O2. The fraction of sp³-hybridized carbons (Fsp3) is 0.429. The molecule has 102 valence electrons. The first-order valence-electron chi connectivity index (χ1n) is 6.57. The number of nitrogens with one attached hydrogen (secondary N) is 2. The average molecular weight is 260 g/mol. The number of carbonyl (C=O) groups excluding carboxylic acids is 2. The van der Waals surface area contributed by atoms with Crippen molar-refractivity contribution in [2.24, 2.45) is 11.8 Å². The minimum absolute atomic E-state index is 0.0853. The average Bonchev–Trinajstić information content (AvgIpc) is 2.38. The van der Waals surface area contributed by atoms with Gasteiger partial charge in [0.25, 0.3) is 0 Å². The summed E-state index contributed by atoms with van der Waals surface area (Å²) < 4.78 is 0. The molecule has 0 atom stereocenters. The Balaban J connectivity index is 2.85. The molecule has 0 unspecified atom stereocenters. The van der Waals surface area contributed by atoms with Crippen molar-refractivity contribution in [2.45, 2.75) is 27.7 Å². The van der Waals surface area contributed by atoms with E-state index < -0.39 is 6.98 Å². The maximum Gasteiger partial charge on any atom is 0.410 e. The minimum atomic E-state index is -0.481. The van der Waals surface area contributed by atoms with E-state index in [1.165, 1.54) is 0 Å². The lowest BCUT2D eigenvalue weighted by atomic mass is 9.67. The molecule has 0 aromatic heterocycles. The Kier molecular flexibility index (Phi) is 5.61. The molecule has 1 aromatic rings. The standard InChI is InChI=1S/C14H21BN2O2/c1-10(2)13(18)16-15(17-14(19)11(3)4)12-8-6-5-7-9-12/h5-11H,1-4H3,(H,16,18)(H,17,19). The first-order chi connectivity index (χ1) is 8.91. The van der Waals surface area contributed by atoms with Gasteiger partial charge in [0.05, 0.1) is 0 Å². The molecular weight excluding hydrogens is 239 g/mol. The largest absolute Gasteiger partial charge is 0.410 e. The molecule has 0 aliphatic heterocycles. The van der Waals surface area contributed by atoms with Gasteiger partial charge >= 0.3 is 6.98 Å². The topological polar surface area (TPSA) is 58.2 Å². The van der Waals surface area contributed by atoms with E-state index in [4.69, 9.17) is 0 Å². The van der Waals surface area contributed by atoms with Crippen LogP contribution in [0, 0.1) is 11.8 Å². The van der Waals surface area contributed by atoms with Crippen LogP contribution in [0.2, 0.25) is 0 Å². The number of amides is 2. The third-order valence-corrected chi connectivity index (χ3v) is 2.75. The van der Waals surface area contributed by atoms with Crippen LogP contribution in [-0.2, 0) is 9.59 Å². The molecule has 0 saturated heterocycles. The first kappa shape index (κ1) is 15.3. The summed E-state index contributed by atoms with van der Waals surface area (Å²) in [5.74, 6) is -0.417. The predicted molar refractivity (Wildman–Crippen MR) is 77.8 cm³/mol. The maximum absolute atomic E-state index is 11.8. The second kappa shape index (κ2) is 6.97. The molecule has 2 amide bonds. The molecule has 0 aliphatic carbocycles. The third-order valence-electron chi connectivity index (χ3n) is 2.75. The maximum atomic E-state index is 11.8. The minimum Gasteiger partial charge on any atom is -0.376 e. The number of hydrogen-bond donors (Lipinski definition) is 2. The smallest absolute Gasteiger partial charge is 0.376 e. The highest BCUT2D eigenvalue weighted by atomic mass is 16.2. The Labute approximate surface area is 115 Å². The van der Waals surface area contributed by atoms with Crippen LogP contribution in [0.3, 0.4) is 0 Å². The zero-order valence-corrected chi connectivity index (χ0v) is 11.9. The summed E-state index contributed by atoms with van der Waals surface area (Å²) in [6.45, 7) is 6.80. The van der Waals surface area contributed by atoms with Gasteiger partial charge in [-0.25, -0.2) is 0 Å². The van der Waals surface area contributed by atoms with Crippen molar-refractivity contribution in [3.05, 3.63) is 30.3 Å². The SMILES string of the molecule is CC(C)C(=O)NB(NC(=O)C(C)C)c1ccccc1. The van der Waals surface area contributed by atoms with E-state index in [0.29, 0.717) is 0 Å². The molecule has 19 heavy (non-hydrogen) atoms. The van der Waals surface area contributed by atoms with Crippen LogP contribution in [-0.4, -0.2) is 18.8 Å². The van der Waals surface area contributed by atoms with Gasteiger partial charge in [0, 0.05) is 11.8 Å². The second-order valence-corrected chi connectivity index (χ2v) is 5.17. The van der Waals surface area contributed by atoms with Crippen molar-refractivity contribution in [1.82, 2.24) is 10.5 Å². The first-order valence-corrected chi connectivity index (χ1v) is 6.57. The molecule has 5 heteroatoms. The van der Waals surface area contributed by atoms with E-state index in [0.717, 1.165) is 5.46 Å². The zero-order valence-electron chi connectivity index (χ0n) is 11.9. The highest BCUT2D eigenvalue weighted by Gasteiger charge is 2.25. The molecule has 0 heterocycles. The van der Waals surface area contributed by atoms with Gasteiger partial charge in [-0.3, -0.25) is 9.59 Å². The van der Waals surface area contributed by atoms with Gasteiger partial charge in [-0.1, -0.05) is 58.0 Å². The Morgan fingerprint density at radius 3 is 1.68 bits per heavy atom. The van der Waals surface area contributed by atoms with E-state index in [-0.39, 0.29) is 23.7 Å². The molecule has 1 rings (SSSR count). The summed E-state index contributed by atoms with van der Waals surface area (Å²) in [5.41, 5.74) is 0.866. The van der Waals surface area contributed by atoms with Crippen LogP contribution in [0.1, 0.15) is 27.7 Å². The lowest BCUT2D eigenvalue weighted by Gasteiger charge is -2.19. The summed E-state index contributed by atoms with van der Waals surface area (Å²) in [4.78, 5) is 23.6. The van der Waals surface area contributed by atoms with Crippen LogP contribution in [0.4, 0.5) is 0 Å².